The summed E-state index contributed by atoms with van der Waals surface area (Å²) in [5, 5.41) is 8.55. The summed E-state index contributed by atoms with van der Waals surface area (Å²) < 4.78 is 61.0. The quantitative estimate of drug-likeness (QED) is 0.331. The van der Waals surface area contributed by atoms with Crippen LogP contribution < -0.4 is 9.46 Å². The van der Waals surface area contributed by atoms with Crippen LogP contribution in [0.2, 0.25) is 0 Å². The molecule has 0 atom stereocenters. The fourth-order valence-electron chi connectivity index (χ4n) is 3.97. The van der Waals surface area contributed by atoms with Gasteiger partial charge < -0.3 is 4.74 Å². The molecule has 8 nitrogen and oxygen atoms in total. The van der Waals surface area contributed by atoms with E-state index >= 15 is 0 Å². The highest BCUT2D eigenvalue weighted by molar-refractivity contribution is 7.92. The number of aryl methyl sites for hydroxylation is 1. The molecular weight excluding hydrogens is 500 g/mol. The van der Waals surface area contributed by atoms with Crippen molar-refractivity contribution in [1.82, 2.24) is 20.2 Å². The second kappa shape index (κ2) is 9.51. The molecule has 0 spiro atoms. The molecule has 0 bridgehead atoms. The molecule has 37 heavy (non-hydrogen) atoms. The first-order chi connectivity index (χ1) is 17.7. The molecule has 0 aliphatic rings. The van der Waals surface area contributed by atoms with E-state index in [-0.39, 0.29) is 11.6 Å². The van der Waals surface area contributed by atoms with Crippen LogP contribution in [-0.4, -0.2) is 35.7 Å². The van der Waals surface area contributed by atoms with Gasteiger partial charge in [0, 0.05) is 34.5 Å². The lowest BCUT2D eigenvalue weighted by Crippen LogP contribution is -2.15. The fourth-order valence-corrected chi connectivity index (χ4v) is 5.07. The molecule has 0 unspecified atom stereocenters. The molecule has 5 rings (SSSR count). The fraction of sp³-hybridized carbons (Fsp3) is 0.0769. The van der Waals surface area contributed by atoms with Gasteiger partial charge >= 0.3 is 0 Å². The molecule has 186 valence electrons. The summed E-state index contributed by atoms with van der Waals surface area (Å²) in [6.07, 6.45) is 4.80. The van der Waals surface area contributed by atoms with Crippen molar-refractivity contribution in [2.24, 2.45) is 0 Å². The molecule has 2 aromatic carbocycles. The smallest absolute Gasteiger partial charge is 0.264 e. The van der Waals surface area contributed by atoms with Crippen LogP contribution in [0.15, 0.2) is 78.1 Å². The second-order valence-corrected chi connectivity index (χ2v) is 9.79. The van der Waals surface area contributed by atoms with Crippen LogP contribution in [0.4, 0.5) is 14.5 Å². The third-order valence-electron chi connectivity index (χ3n) is 5.64. The third kappa shape index (κ3) is 4.81. The number of hydrogen-bond donors (Lipinski definition) is 1. The van der Waals surface area contributed by atoms with Gasteiger partial charge in [-0.05, 0) is 60.5 Å². The molecule has 3 aromatic heterocycles. The summed E-state index contributed by atoms with van der Waals surface area (Å²) in [4.78, 5) is 8.17. The monoisotopic (exact) mass is 519 g/mol. The number of benzene rings is 2. The highest BCUT2D eigenvalue weighted by Gasteiger charge is 2.22. The van der Waals surface area contributed by atoms with Gasteiger partial charge in [0.25, 0.3) is 10.0 Å². The van der Waals surface area contributed by atoms with Gasteiger partial charge in [0.2, 0.25) is 5.88 Å². The Bertz CT molecular complexity index is 1750. The Balaban J connectivity index is 1.63. The molecule has 0 radical (unpaired) electrons. The first kappa shape index (κ1) is 24.2. The van der Waals surface area contributed by atoms with Crippen molar-refractivity contribution in [3.63, 3.8) is 0 Å². The van der Waals surface area contributed by atoms with E-state index in [4.69, 9.17) is 4.74 Å². The molecule has 0 aliphatic heterocycles. The molecule has 11 heteroatoms. The van der Waals surface area contributed by atoms with E-state index in [1.165, 1.54) is 7.11 Å². The van der Waals surface area contributed by atoms with Crippen LogP contribution in [0.3, 0.4) is 0 Å². The van der Waals surface area contributed by atoms with Crippen LogP contribution in [-0.2, 0) is 10.0 Å². The standard InChI is InChI=1S/C26H19F2N5O3S/c1-15-9-20(21-10-16(3-5-23(21)32-15)17-7-8-30-31-14-17)18-11-24(26(36-2)29-13-18)33-37(34,35)25-6-4-19(27)12-22(25)28/h3-14,33H,1-2H3. The molecule has 0 amide bonds. The molecule has 1 N–H and O–H groups in total. The van der Waals surface area contributed by atoms with Crippen LogP contribution in [0.1, 0.15) is 5.69 Å². The topological polar surface area (TPSA) is 107 Å². The van der Waals surface area contributed by atoms with Gasteiger partial charge in [0.1, 0.15) is 22.2 Å². The van der Waals surface area contributed by atoms with Crippen molar-refractivity contribution in [1.29, 1.82) is 0 Å². The van der Waals surface area contributed by atoms with Gasteiger partial charge in [0.05, 0.1) is 25.0 Å². The zero-order chi connectivity index (χ0) is 26.2. The Hall–Kier alpha value is -4.51. The Morgan fingerprint density at radius 2 is 1.73 bits per heavy atom. The predicted molar refractivity (Wildman–Crippen MR) is 134 cm³/mol. The van der Waals surface area contributed by atoms with E-state index in [2.05, 4.69) is 24.9 Å². The van der Waals surface area contributed by atoms with E-state index in [9.17, 15) is 17.2 Å². The van der Waals surface area contributed by atoms with E-state index in [0.29, 0.717) is 11.6 Å². The average Bonchev–Trinajstić information content (AvgIpc) is 2.88. The first-order valence-corrected chi connectivity index (χ1v) is 12.4. The van der Waals surface area contributed by atoms with Crippen LogP contribution in [0.5, 0.6) is 5.88 Å². The number of aromatic nitrogens is 4. The molecule has 3 heterocycles. The van der Waals surface area contributed by atoms with Crippen molar-refractivity contribution in [3.05, 3.63) is 90.5 Å². The summed E-state index contributed by atoms with van der Waals surface area (Å²) >= 11 is 0. The van der Waals surface area contributed by atoms with E-state index < -0.39 is 26.6 Å². The number of halogens is 2. The minimum absolute atomic E-state index is 0.0131. The Morgan fingerprint density at radius 3 is 2.46 bits per heavy atom. The summed E-state index contributed by atoms with van der Waals surface area (Å²) in [7, 11) is -3.09. The lowest BCUT2D eigenvalue weighted by atomic mass is 9.98. The summed E-state index contributed by atoms with van der Waals surface area (Å²) in [6.45, 7) is 1.85. The van der Waals surface area contributed by atoms with E-state index in [0.717, 1.165) is 45.4 Å². The van der Waals surface area contributed by atoms with Gasteiger partial charge in [0.15, 0.2) is 0 Å². The number of fused-ring (bicyclic) bond motifs is 1. The number of rotatable bonds is 6. The molecular formula is C26H19F2N5O3S. The Morgan fingerprint density at radius 1 is 0.892 bits per heavy atom. The molecule has 0 aliphatic carbocycles. The minimum Gasteiger partial charge on any atom is -0.480 e. The van der Waals surface area contributed by atoms with Crippen LogP contribution in [0, 0.1) is 18.6 Å². The molecule has 0 saturated carbocycles. The zero-order valence-electron chi connectivity index (χ0n) is 19.6. The average molecular weight is 520 g/mol. The highest BCUT2D eigenvalue weighted by atomic mass is 32.2. The summed E-state index contributed by atoms with van der Waals surface area (Å²) in [6, 6.07) is 13.2. The van der Waals surface area contributed by atoms with Crippen LogP contribution >= 0.6 is 0 Å². The SMILES string of the molecule is COc1ncc(-c2cc(C)nc3ccc(-c4ccnnc4)cc23)cc1NS(=O)(=O)c1ccc(F)cc1F. The van der Waals surface area contributed by atoms with Gasteiger partial charge in [-0.25, -0.2) is 22.2 Å². The third-order valence-corrected chi connectivity index (χ3v) is 7.04. The van der Waals surface area contributed by atoms with Crippen molar-refractivity contribution in [2.45, 2.75) is 11.8 Å². The number of anilines is 1. The number of pyridine rings is 2. The number of sulfonamides is 1. The van der Waals surface area contributed by atoms with Crippen molar-refractivity contribution < 1.29 is 21.9 Å². The van der Waals surface area contributed by atoms with Crippen LogP contribution in [0.25, 0.3) is 33.2 Å². The Labute approximate surface area is 211 Å². The van der Waals surface area contributed by atoms with Crippen molar-refractivity contribution in [3.8, 4) is 28.1 Å². The maximum atomic E-state index is 14.3. The summed E-state index contributed by atoms with van der Waals surface area (Å²) in [5.41, 5.74) is 4.53. The lowest BCUT2D eigenvalue weighted by Gasteiger charge is -2.15. The number of methoxy groups -OCH3 is 1. The second-order valence-electron chi connectivity index (χ2n) is 8.14. The predicted octanol–water partition coefficient (Wildman–Crippen LogP) is 5.15. The van der Waals surface area contributed by atoms with Gasteiger partial charge in [-0.2, -0.15) is 10.2 Å². The molecule has 0 saturated heterocycles. The lowest BCUT2D eigenvalue weighted by molar-refractivity contribution is 0.400. The number of hydrogen-bond acceptors (Lipinski definition) is 7. The highest BCUT2D eigenvalue weighted by Crippen LogP contribution is 2.35. The summed E-state index contributed by atoms with van der Waals surface area (Å²) in [5.74, 6) is -2.13. The maximum Gasteiger partial charge on any atom is 0.264 e. The van der Waals surface area contributed by atoms with Gasteiger partial charge in [-0.15, -0.1) is 0 Å². The normalized spacial score (nSPS) is 11.5. The number of ether oxygens (including phenoxy) is 1. The first-order valence-electron chi connectivity index (χ1n) is 11.0. The number of nitrogens with zero attached hydrogens (tertiary/aromatic N) is 4. The molecule has 0 fully saturated rings. The largest absolute Gasteiger partial charge is 0.480 e. The number of nitrogens with one attached hydrogen (secondary N) is 1. The van der Waals surface area contributed by atoms with Gasteiger partial charge in [-0.3, -0.25) is 9.71 Å². The van der Waals surface area contributed by atoms with Gasteiger partial charge in [-0.1, -0.05) is 6.07 Å². The van der Waals surface area contributed by atoms with E-state index in [1.54, 1.807) is 24.7 Å². The molecule has 5 aromatic rings. The van der Waals surface area contributed by atoms with Crippen molar-refractivity contribution >= 4 is 26.6 Å². The van der Waals surface area contributed by atoms with Crippen molar-refractivity contribution in [2.75, 3.05) is 11.8 Å². The van der Waals surface area contributed by atoms with E-state index in [1.807, 2.05) is 37.3 Å². The maximum absolute atomic E-state index is 14.3. The Kier molecular flexibility index (Phi) is 6.22. The zero-order valence-corrected chi connectivity index (χ0v) is 20.4. The minimum atomic E-state index is -4.42.